The molecule has 1 heterocycles. The minimum absolute atomic E-state index is 0.245. The van der Waals surface area contributed by atoms with Gasteiger partial charge < -0.3 is 0 Å². The Morgan fingerprint density at radius 3 is 2.55 bits per heavy atom. The average Bonchev–Trinajstić information content (AvgIpc) is 3.09. The van der Waals surface area contributed by atoms with Gasteiger partial charge in [-0.1, -0.05) is 38.3 Å². The van der Waals surface area contributed by atoms with E-state index in [-0.39, 0.29) is 5.91 Å². The molecule has 3 rings (SSSR count). The summed E-state index contributed by atoms with van der Waals surface area (Å²) in [7, 11) is 0. The number of hydrogen-bond acceptors (Lipinski definition) is 2. The van der Waals surface area contributed by atoms with Crippen LogP contribution in [-0.4, -0.2) is 22.2 Å². The number of rotatable bonds is 5. The van der Waals surface area contributed by atoms with Crippen LogP contribution in [0.4, 0.5) is 0 Å². The Balaban J connectivity index is 1.82. The van der Waals surface area contributed by atoms with Crippen LogP contribution in [0.2, 0.25) is 0 Å². The van der Waals surface area contributed by atoms with E-state index < -0.39 is 5.54 Å². The first-order chi connectivity index (χ1) is 10.6. The third-order valence-corrected chi connectivity index (χ3v) is 5.46. The van der Waals surface area contributed by atoms with Crippen molar-refractivity contribution in [1.82, 2.24) is 4.90 Å². The van der Waals surface area contributed by atoms with Crippen molar-refractivity contribution in [3.8, 4) is 0 Å². The highest BCUT2D eigenvalue weighted by molar-refractivity contribution is 14.1. The first-order valence-corrected chi connectivity index (χ1v) is 9.38. The summed E-state index contributed by atoms with van der Waals surface area (Å²) >= 11 is 2.31. The zero-order chi connectivity index (χ0) is 15.6. The maximum Gasteiger partial charge on any atom is 0.256 e. The summed E-state index contributed by atoms with van der Waals surface area (Å²) in [6, 6.07) is 8.44. The van der Waals surface area contributed by atoms with Gasteiger partial charge >= 0.3 is 0 Å². The highest BCUT2D eigenvalue weighted by Crippen LogP contribution is 2.40. The summed E-state index contributed by atoms with van der Waals surface area (Å²) in [5, 5.41) is 0. The van der Waals surface area contributed by atoms with Crippen LogP contribution in [0.5, 0.6) is 0 Å². The van der Waals surface area contributed by atoms with Crippen LogP contribution in [0.3, 0.4) is 0 Å². The van der Waals surface area contributed by atoms with Gasteiger partial charge in [-0.3, -0.25) is 14.7 Å². The largest absolute Gasteiger partial charge is 0.294 e. The number of amides is 1. The van der Waals surface area contributed by atoms with Crippen molar-refractivity contribution in [1.29, 1.82) is 0 Å². The van der Waals surface area contributed by atoms with E-state index in [1.54, 1.807) is 0 Å². The van der Waals surface area contributed by atoms with Crippen molar-refractivity contribution >= 4 is 34.3 Å². The Labute approximate surface area is 146 Å². The first kappa shape index (κ1) is 16.0. The summed E-state index contributed by atoms with van der Waals surface area (Å²) in [5.74, 6) is 1.27. The second kappa shape index (κ2) is 6.69. The van der Waals surface area contributed by atoms with Gasteiger partial charge in [0, 0.05) is 9.99 Å². The van der Waals surface area contributed by atoms with Gasteiger partial charge in [-0.2, -0.15) is 0 Å². The second-order valence-electron chi connectivity index (χ2n) is 6.39. The van der Waals surface area contributed by atoms with E-state index in [1.807, 2.05) is 4.90 Å². The number of carbonyl (C=O) groups is 1. The topological polar surface area (TPSA) is 32.7 Å². The third kappa shape index (κ3) is 3.07. The third-order valence-electron chi connectivity index (χ3n) is 4.74. The van der Waals surface area contributed by atoms with Gasteiger partial charge in [0.05, 0.1) is 6.54 Å². The van der Waals surface area contributed by atoms with Gasteiger partial charge in [-0.15, -0.1) is 0 Å². The predicted octanol–water partition coefficient (Wildman–Crippen LogP) is 4.53. The Hall–Kier alpha value is -0.910. The van der Waals surface area contributed by atoms with E-state index in [0.29, 0.717) is 6.54 Å². The van der Waals surface area contributed by atoms with E-state index in [0.717, 1.165) is 50.8 Å². The number of amidine groups is 1. The maximum atomic E-state index is 13.0. The fourth-order valence-corrected chi connectivity index (χ4v) is 3.83. The van der Waals surface area contributed by atoms with E-state index in [4.69, 9.17) is 4.99 Å². The molecular weight excluding hydrogens is 387 g/mol. The van der Waals surface area contributed by atoms with Crippen LogP contribution in [-0.2, 0) is 11.3 Å². The quantitative estimate of drug-likeness (QED) is 0.657. The molecule has 1 amide bonds. The Morgan fingerprint density at radius 1 is 1.23 bits per heavy atom. The first-order valence-electron chi connectivity index (χ1n) is 8.30. The number of nitrogens with zero attached hydrogens (tertiary/aromatic N) is 2. The molecule has 4 heteroatoms. The van der Waals surface area contributed by atoms with Crippen LogP contribution >= 0.6 is 22.6 Å². The van der Waals surface area contributed by atoms with Gasteiger partial charge in [0.1, 0.15) is 11.4 Å². The highest BCUT2D eigenvalue weighted by Gasteiger charge is 2.49. The van der Waals surface area contributed by atoms with E-state index in [2.05, 4.69) is 53.8 Å². The lowest BCUT2D eigenvalue weighted by atomic mass is 9.98. The van der Waals surface area contributed by atoms with Crippen LogP contribution < -0.4 is 0 Å². The van der Waals surface area contributed by atoms with Crippen molar-refractivity contribution in [2.24, 2.45) is 4.99 Å². The number of unbranched alkanes of at least 4 members (excludes halogenated alkanes) is 1. The molecule has 1 aromatic rings. The zero-order valence-electron chi connectivity index (χ0n) is 13.1. The molecule has 0 radical (unpaired) electrons. The standard InChI is InChI=1S/C18H23IN2O/c1-2-3-6-16-20-18(11-4-5-12-18)17(22)21(16)13-14-7-9-15(19)10-8-14/h7-10H,2-6,11-13H2,1H3. The SMILES string of the molecule is CCCCC1=NC2(CCCC2)C(=O)N1Cc1ccc(I)cc1. The Morgan fingerprint density at radius 2 is 1.91 bits per heavy atom. The van der Waals surface area contributed by atoms with Gasteiger partial charge in [0.15, 0.2) is 0 Å². The van der Waals surface area contributed by atoms with Crippen molar-refractivity contribution in [2.45, 2.75) is 64.0 Å². The zero-order valence-corrected chi connectivity index (χ0v) is 15.3. The highest BCUT2D eigenvalue weighted by atomic mass is 127. The van der Waals surface area contributed by atoms with Crippen molar-refractivity contribution in [2.75, 3.05) is 0 Å². The van der Waals surface area contributed by atoms with E-state index in [9.17, 15) is 4.79 Å². The van der Waals surface area contributed by atoms with E-state index >= 15 is 0 Å². The molecule has 0 atom stereocenters. The molecule has 1 saturated carbocycles. The van der Waals surface area contributed by atoms with Crippen LogP contribution in [0.15, 0.2) is 29.3 Å². The molecule has 118 valence electrons. The number of aliphatic imine (C=N–C) groups is 1. The van der Waals surface area contributed by atoms with Gasteiger partial charge in [0.2, 0.25) is 0 Å². The average molecular weight is 410 g/mol. The lowest BCUT2D eigenvalue weighted by Gasteiger charge is -2.22. The lowest BCUT2D eigenvalue weighted by Crippen LogP contribution is -2.40. The summed E-state index contributed by atoms with van der Waals surface area (Å²) in [6.07, 6.45) is 7.30. The monoisotopic (exact) mass is 410 g/mol. The van der Waals surface area contributed by atoms with Gasteiger partial charge in [0.25, 0.3) is 5.91 Å². The minimum atomic E-state index is -0.410. The van der Waals surface area contributed by atoms with Gasteiger partial charge in [-0.05, 0) is 59.5 Å². The molecule has 0 unspecified atom stereocenters. The van der Waals surface area contributed by atoms with Gasteiger partial charge in [-0.25, -0.2) is 0 Å². The minimum Gasteiger partial charge on any atom is -0.294 e. The summed E-state index contributed by atoms with van der Waals surface area (Å²) in [5.41, 5.74) is 0.778. The van der Waals surface area contributed by atoms with Crippen LogP contribution in [0.1, 0.15) is 57.4 Å². The second-order valence-corrected chi connectivity index (χ2v) is 7.63. The van der Waals surface area contributed by atoms with E-state index in [1.165, 1.54) is 9.13 Å². The number of carbonyl (C=O) groups excluding carboxylic acids is 1. The molecule has 3 nitrogen and oxygen atoms in total. The molecule has 1 aromatic carbocycles. The Kier molecular flexibility index (Phi) is 4.85. The molecule has 22 heavy (non-hydrogen) atoms. The van der Waals surface area contributed by atoms with Crippen LogP contribution in [0, 0.1) is 3.57 Å². The predicted molar refractivity (Wildman–Crippen MR) is 97.9 cm³/mol. The molecular formula is C18H23IN2O. The van der Waals surface area contributed by atoms with Crippen molar-refractivity contribution < 1.29 is 4.79 Å². The normalized spacial score (nSPS) is 20.0. The fourth-order valence-electron chi connectivity index (χ4n) is 3.47. The van der Waals surface area contributed by atoms with Crippen molar-refractivity contribution in [3.63, 3.8) is 0 Å². The molecule has 1 aliphatic carbocycles. The number of benzene rings is 1. The summed E-state index contributed by atoms with van der Waals surface area (Å²) in [4.78, 5) is 19.9. The maximum absolute atomic E-state index is 13.0. The fraction of sp³-hybridized carbons (Fsp3) is 0.556. The molecule has 1 fully saturated rings. The molecule has 0 aromatic heterocycles. The molecule has 2 aliphatic rings. The van der Waals surface area contributed by atoms with Crippen LogP contribution in [0.25, 0.3) is 0 Å². The number of hydrogen-bond donors (Lipinski definition) is 0. The summed E-state index contributed by atoms with van der Waals surface area (Å²) in [6.45, 7) is 2.85. The Bertz CT molecular complexity index is 573. The number of halogens is 1. The molecule has 0 N–H and O–H groups in total. The molecule has 0 bridgehead atoms. The smallest absolute Gasteiger partial charge is 0.256 e. The molecule has 1 spiro atoms. The molecule has 0 saturated heterocycles. The lowest BCUT2D eigenvalue weighted by molar-refractivity contribution is -0.131. The summed E-state index contributed by atoms with van der Waals surface area (Å²) < 4.78 is 1.22. The molecule has 1 aliphatic heterocycles. The van der Waals surface area contributed by atoms with Crippen molar-refractivity contribution in [3.05, 3.63) is 33.4 Å².